The van der Waals surface area contributed by atoms with Gasteiger partial charge in [0.25, 0.3) is 15.9 Å². The minimum absolute atomic E-state index is 0.123. The molecule has 0 radical (unpaired) electrons. The molecular formula is C19H18ClN3O5S. The molecule has 0 unspecified atom stereocenters. The van der Waals surface area contributed by atoms with Crippen molar-refractivity contribution >= 4 is 38.6 Å². The summed E-state index contributed by atoms with van der Waals surface area (Å²) in [4.78, 5) is 15.6. The number of benzene rings is 1. The number of furan rings is 1. The van der Waals surface area contributed by atoms with Crippen LogP contribution in [0.25, 0.3) is 11.1 Å². The number of fused-ring (bicyclic) bond motifs is 1. The average molecular weight is 436 g/mol. The highest BCUT2D eigenvalue weighted by Crippen LogP contribution is 2.62. The number of nitrogens with two attached hydrogens (primary N) is 1. The van der Waals surface area contributed by atoms with Gasteiger partial charge in [-0.1, -0.05) is 11.6 Å². The van der Waals surface area contributed by atoms with Crippen molar-refractivity contribution in [3.05, 3.63) is 47.0 Å². The minimum atomic E-state index is -3.82. The van der Waals surface area contributed by atoms with E-state index >= 15 is 0 Å². The van der Waals surface area contributed by atoms with Gasteiger partial charge in [0.2, 0.25) is 5.09 Å². The van der Waals surface area contributed by atoms with Gasteiger partial charge in [-0.3, -0.25) is 4.79 Å². The summed E-state index contributed by atoms with van der Waals surface area (Å²) in [7, 11) is -3.82. The highest BCUT2D eigenvalue weighted by Gasteiger charge is 2.55. The number of sulfonamides is 1. The smallest absolute Gasteiger partial charge is 0.284 e. The third-order valence-electron chi connectivity index (χ3n) is 5.84. The third kappa shape index (κ3) is 3.23. The van der Waals surface area contributed by atoms with Crippen LogP contribution in [0, 0.1) is 5.41 Å². The van der Waals surface area contributed by atoms with Crippen molar-refractivity contribution in [1.82, 2.24) is 9.71 Å². The Morgan fingerprint density at radius 1 is 1.17 bits per heavy atom. The molecule has 0 aliphatic heterocycles. The summed E-state index contributed by atoms with van der Waals surface area (Å²) < 4.78 is 38.3. The molecule has 1 aromatic carbocycles. The van der Waals surface area contributed by atoms with Crippen LogP contribution in [0.5, 0.6) is 0 Å². The maximum absolute atomic E-state index is 12.4. The Morgan fingerprint density at radius 3 is 2.62 bits per heavy atom. The second-order valence-electron chi connectivity index (χ2n) is 7.98. The van der Waals surface area contributed by atoms with Crippen LogP contribution in [0.4, 0.5) is 0 Å². The van der Waals surface area contributed by atoms with Crippen LogP contribution in [0.1, 0.15) is 48.0 Å². The molecule has 0 saturated heterocycles. The molecule has 2 aliphatic carbocycles. The molecule has 1 spiro atoms. The van der Waals surface area contributed by atoms with Crippen molar-refractivity contribution in [3.8, 4) is 0 Å². The molecule has 2 aromatic heterocycles. The number of nitrogens with one attached hydrogen (secondary N) is 1. The fourth-order valence-corrected chi connectivity index (χ4v) is 5.86. The van der Waals surface area contributed by atoms with E-state index in [9.17, 15) is 13.2 Å². The summed E-state index contributed by atoms with van der Waals surface area (Å²) >= 11 is 5.99. The van der Waals surface area contributed by atoms with Gasteiger partial charge in [-0.2, -0.15) is 0 Å². The number of oxazole rings is 1. The maximum Gasteiger partial charge on any atom is 0.284 e. The van der Waals surface area contributed by atoms with Gasteiger partial charge in [0.15, 0.2) is 17.2 Å². The molecule has 3 N–H and O–H groups in total. The van der Waals surface area contributed by atoms with E-state index in [0.717, 1.165) is 36.8 Å². The largest absolute Gasteiger partial charge is 0.440 e. The Hall–Kier alpha value is -2.36. The molecule has 29 heavy (non-hydrogen) atoms. The maximum atomic E-state index is 12.4. The van der Waals surface area contributed by atoms with Crippen molar-refractivity contribution in [3.63, 3.8) is 0 Å². The number of carbonyl (C=O) groups excluding carboxylic acids is 1. The van der Waals surface area contributed by atoms with E-state index in [1.807, 2.05) is 6.07 Å². The van der Waals surface area contributed by atoms with Crippen molar-refractivity contribution in [2.24, 2.45) is 11.1 Å². The molecule has 2 aliphatic rings. The number of hydrogen-bond donors (Lipinski definition) is 2. The SMILES string of the molecule is NC(=O)c1ccc(S(=O)(=O)NC2CC3(C2)CC(c2nc4cc(Cl)ccc4o2)C3)o1. The van der Waals surface area contributed by atoms with E-state index in [4.69, 9.17) is 26.2 Å². The Balaban J connectivity index is 1.19. The minimum Gasteiger partial charge on any atom is -0.440 e. The van der Waals surface area contributed by atoms with Gasteiger partial charge in [-0.15, -0.1) is 0 Å². The number of nitrogens with zero attached hydrogens (tertiary/aromatic N) is 1. The quantitative estimate of drug-likeness (QED) is 0.633. The number of hydrogen-bond acceptors (Lipinski definition) is 6. The summed E-state index contributed by atoms with van der Waals surface area (Å²) in [6.07, 6.45) is 3.33. The topological polar surface area (TPSA) is 128 Å². The molecule has 2 saturated carbocycles. The molecule has 1 amide bonds. The zero-order valence-electron chi connectivity index (χ0n) is 15.2. The predicted octanol–water partition coefficient (Wildman–Crippen LogP) is 3.18. The Labute approximate surface area is 171 Å². The first kappa shape index (κ1) is 18.7. The third-order valence-corrected chi connectivity index (χ3v) is 7.47. The molecule has 3 aromatic rings. The fourth-order valence-electron chi connectivity index (χ4n) is 4.53. The van der Waals surface area contributed by atoms with Crippen molar-refractivity contribution in [2.75, 3.05) is 0 Å². The highest BCUT2D eigenvalue weighted by atomic mass is 35.5. The highest BCUT2D eigenvalue weighted by molar-refractivity contribution is 7.89. The first-order valence-corrected chi connectivity index (χ1v) is 11.1. The first-order chi connectivity index (χ1) is 13.7. The zero-order valence-corrected chi connectivity index (χ0v) is 16.8. The Kier molecular flexibility index (Phi) is 4.06. The average Bonchev–Trinajstić information content (AvgIpc) is 3.22. The van der Waals surface area contributed by atoms with Crippen LogP contribution in [0.15, 0.2) is 44.3 Å². The van der Waals surface area contributed by atoms with Crippen LogP contribution in [0.3, 0.4) is 0 Å². The van der Waals surface area contributed by atoms with Crippen LogP contribution >= 0.6 is 11.6 Å². The zero-order chi connectivity index (χ0) is 20.4. The Bertz CT molecular complexity index is 1220. The first-order valence-electron chi connectivity index (χ1n) is 9.21. The van der Waals surface area contributed by atoms with Gasteiger partial charge < -0.3 is 14.6 Å². The number of rotatable bonds is 5. The van der Waals surface area contributed by atoms with Crippen LogP contribution in [-0.2, 0) is 10.0 Å². The molecule has 8 nitrogen and oxygen atoms in total. The van der Waals surface area contributed by atoms with Gasteiger partial charge in [0.1, 0.15) is 5.52 Å². The van der Waals surface area contributed by atoms with Crippen LogP contribution in [-0.4, -0.2) is 25.4 Å². The number of amides is 1. The lowest BCUT2D eigenvalue weighted by Gasteiger charge is -2.56. The summed E-state index contributed by atoms with van der Waals surface area (Å²) in [6.45, 7) is 0. The summed E-state index contributed by atoms with van der Waals surface area (Å²) in [5.74, 6) is -0.0404. The molecule has 0 bridgehead atoms. The second kappa shape index (κ2) is 6.32. The van der Waals surface area contributed by atoms with Gasteiger partial charge in [0, 0.05) is 17.0 Å². The van der Waals surface area contributed by atoms with Crippen molar-refractivity contribution in [2.45, 2.75) is 42.7 Å². The molecule has 152 valence electrons. The van der Waals surface area contributed by atoms with Gasteiger partial charge in [-0.05, 0) is 61.4 Å². The van der Waals surface area contributed by atoms with E-state index < -0.39 is 15.9 Å². The monoisotopic (exact) mass is 435 g/mol. The lowest BCUT2D eigenvalue weighted by Crippen LogP contribution is -2.55. The summed E-state index contributed by atoms with van der Waals surface area (Å²) in [6, 6.07) is 7.69. The summed E-state index contributed by atoms with van der Waals surface area (Å²) in [5.41, 5.74) is 6.69. The number of halogens is 1. The van der Waals surface area contributed by atoms with Crippen LogP contribution in [0.2, 0.25) is 5.02 Å². The van der Waals surface area contributed by atoms with E-state index in [2.05, 4.69) is 9.71 Å². The standard InChI is InChI=1S/C19H18ClN3O5S/c20-11-1-2-14-13(5-11)22-18(28-14)10-6-19(7-10)8-12(9-19)23-29(25,26)16-4-3-15(27-16)17(21)24/h1-5,10,12,23H,6-9H2,(H2,21,24). The lowest BCUT2D eigenvalue weighted by atomic mass is 9.50. The Morgan fingerprint density at radius 2 is 1.93 bits per heavy atom. The summed E-state index contributed by atoms with van der Waals surface area (Å²) in [5, 5.41) is 0.319. The number of primary amides is 1. The normalized spacial score (nSPS) is 26.4. The van der Waals surface area contributed by atoms with E-state index in [1.54, 1.807) is 12.1 Å². The van der Waals surface area contributed by atoms with Gasteiger partial charge in [-0.25, -0.2) is 18.1 Å². The van der Waals surface area contributed by atoms with E-state index in [1.165, 1.54) is 12.1 Å². The molecule has 5 rings (SSSR count). The van der Waals surface area contributed by atoms with Crippen LogP contribution < -0.4 is 10.5 Å². The molecule has 2 fully saturated rings. The number of carbonyl (C=O) groups is 1. The van der Waals surface area contributed by atoms with Gasteiger partial charge in [0.05, 0.1) is 0 Å². The number of aromatic nitrogens is 1. The van der Waals surface area contributed by atoms with Crippen molar-refractivity contribution < 1.29 is 22.0 Å². The lowest BCUT2D eigenvalue weighted by molar-refractivity contribution is -0.0207. The fraction of sp³-hybridized carbons (Fsp3) is 0.368. The molecular weight excluding hydrogens is 418 g/mol. The van der Waals surface area contributed by atoms with Gasteiger partial charge >= 0.3 is 0 Å². The van der Waals surface area contributed by atoms with Crippen molar-refractivity contribution in [1.29, 1.82) is 0 Å². The van der Waals surface area contributed by atoms with E-state index in [0.29, 0.717) is 10.9 Å². The second-order valence-corrected chi connectivity index (χ2v) is 10.1. The molecule has 0 atom stereocenters. The van der Waals surface area contributed by atoms with E-state index in [-0.39, 0.29) is 28.2 Å². The molecule has 2 heterocycles. The predicted molar refractivity (Wildman–Crippen MR) is 104 cm³/mol. The molecule has 10 heteroatoms.